The molecule has 106 valence electrons. The van der Waals surface area contributed by atoms with Crippen LogP contribution in [0.25, 0.3) is 10.8 Å². The van der Waals surface area contributed by atoms with Crippen molar-refractivity contribution in [3.05, 3.63) is 36.0 Å². The van der Waals surface area contributed by atoms with Gasteiger partial charge in [-0.1, -0.05) is 24.3 Å². The van der Waals surface area contributed by atoms with Crippen LogP contribution in [0.5, 0.6) is 0 Å². The highest BCUT2D eigenvalue weighted by atomic mass is 35.5. The Bertz CT molecular complexity index is 596. The molecule has 3 nitrogen and oxygen atoms in total. The third kappa shape index (κ3) is 2.60. The van der Waals surface area contributed by atoms with E-state index in [1.165, 1.54) is 5.39 Å². The number of nitrogens with zero attached hydrogens (tertiary/aromatic N) is 2. The molecule has 1 aromatic carbocycles. The zero-order valence-electron chi connectivity index (χ0n) is 11.7. The van der Waals surface area contributed by atoms with Gasteiger partial charge in [0.2, 0.25) is 0 Å². The minimum Gasteiger partial charge on any atom is -0.376 e. The van der Waals surface area contributed by atoms with E-state index in [1.807, 2.05) is 18.3 Å². The smallest absolute Gasteiger partial charge is 0.136 e. The Labute approximate surface area is 124 Å². The zero-order valence-corrected chi connectivity index (χ0v) is 12.4. The number of rotatable bonds is 4. The lowest BCUT2D eigenvalue weighted by molar-refractivity contribution is 0.116. The summed E-state index contributed by atoms with van der Waals surface area (Å²) in [6.45, 7) is 1.77. The van der Waals surface area contributed by atoms with Gasteiger partial charge in [0.25, 0.3) is 0 Å². The van der Waals surface area contributed by atoms with Crippen molar-refractivity contribution < 1.29 is 4.74 Å². The molecule has 2 aromatic rings. The fourth-order valence-corrected chi connectivity index (χ4v) is 3.04. The normalized spacial score (nSPS) is 18.6. The quantitative estimate of drug-likeness (QED) is 0.805. The molecule has 0 spiro atoms. The van der Waals surface area contributed by atoms with Crippen molar-refractivity contribution in [2.75, 3.05) is 25.1 Å². The van der Waals surface area contributed by atoms with Gasteiger partial charge in [-0.3, -0.25) is 0 Å². The number of halogens is 1. The summed E-state index contributed by atoms with van der Waals surface area (Å²) in [5.74, 6) is 1.49. The molecule has 20 heavy (non-hydrogen) atoms. The van der Waals surface area contributed by atoms with Crippen molar-refractivity contribution in [3.8, 4) is 0 Å². The van der Waals surface area contributed by atoms with Crippen LogP contribution in [-0.4, -0.2) is 31.3 Å². The van der Waals surface area contributed by atoms with E-state index in [1.54, 1.807) is 0 Å². The predicted molar refractivity (Wildman–Crippen MR) is 83.5 cm³/mol. The number of benzene rings is 1. The first-order valence-electron chi connectivity index (χ1n) is 7.05. The molecule has 1 aromatic heterocycles. The van der Waals surface area contributed by atoms with Crippen LogP contribution in [0.4, 0.5) is 5.82 Å². The maximum Gasteiger partial charge on any atom is 0.136 e. The van der Waals surface area contributed by atoms with E-state index < -0.39 is 0 Å². The first kappa shape index (κ1) is 13.7. The van der Waals surface area contributed by atoms with Crippen LogP contribution in [0.1, 0.15) is 18.4 Å². The summed E-state index contributed by atoms with van der Waals surface area (Å²) < 4.78 is 5.71. The van der Waals surface area contributed by atoms with Gasteiger partial charge in [-0.2, -0.15) is 0 Å². The molecule has 0 amide bonds. The second-order valence-electron chi connectivity index (χ2n) is 5.30. The van der Waals surface area contributed by atoms with Gasteiger partial charge < -0.3 is 9.64 Å². The predicted octanol–water partition coefficient (Wildman–Crippen LogP) is 3.59. The molecule has 4 heteroatoms. The highest BCUT2D eigenvalue weighted by molar-refractivity contribution is 6.18. The maximum absolute atomic E-state index is 6.00. The van der Waals surface area contributed by atoms with E-state index in [0.29, 0.717) is 12.0 Å². The Balaban J connectivity index is 1.94. The van der Waals surface area contributed by atoms with Crippen molar-refractivity contribution in [3.63, 3.8) is 0 Å². The molecule has 3 rings (SSSR count). The van der Waals surface area contributed by atoms with Gasteiger partial charge in [0, 0.05) is 37.7 Å². The van der Waals surface area contributed by atoms with Crippen LogP contribution in [0.2, 0.25) is 0 Å². The molecular weight excluding hydrogens is 272 g/mol. The molecule has 0 bridgehead atoms. The third-order valence-electron chi connectivity index (χ3n) is 3.86. The third-order valence-corrected chi connectivity index (χ3v) is 4.15. The van der Waals surface area contributed by atoms with Crippen molar-refractivity contribution in [2.24, 2.45) is 0 Å². The number of fused-ring (bicyclic) bond motifs is 1. The van der Waals surface area contributed by atoms with E-state index in [4.69, 9.17) is 16.3 Å². The summed E-state index contributed by atoms with van der Waals surface area (Å²) in [6, 6.07) is 8.31. The molecular formula is C16H19ClN2O. The van der Waals surface area contributed by atoms with Crippen molar-refractivity contribution in [2.45, 2.75) is 24.8 Å². The highest BCUT2D eigenvalue weighted by Crippen LogP contribution is 2.28. The monoisotopic (exact) mass is 290 g/mol. The van der Waals surface area contributed by atoms with Gasteiger partial charge in [0.15, 0.2) is 0 Å². The Morgan fingerprint density at radius 1 is 1.35 bits per heavy atom. The standard InChI is InChI=1S/C16H19ClN2O/c1-19(11-13-5-4-8-20-13)16-15-7-3-2-6-14(15)12(9-17)10-18-16/h2-3,6-7,10,13H,4-5,8-9,11H2,1H3. The lowest BCUT2D eigenvalue weighted by Gasteiger charge is -2.23. The highest BCUT2D eigenvalue weighted by Gasteiger charge is 2.19. The molecule has 1 aliphatic rings. The molecule has 0 radical (unpaired) electrons. The van der Waals surface area contributed by atoms with Gasteiger partial charge in [0.05, 0.1) is 6.10 Å². The summed E-state index contributed by atoms with van der Waals surface area (Å²) in [7, 11) is 2.08. The largest absolute Gasteiger partial charge is 0.376 e. The maximum atomic E-state index is 6.00. The van der Waals surface area contributed by atoms with Crippen LogP contribution in [0.3, 0.4) is 0 Å². The van der Waals surface area contributed by atoms with E-state index in [2.05, 4.69) is 29.1 Å². The molecule has 1 fully saturated rings. The van der Waals surface area contributed by atoms with Gasteiger partial charge in [-0.25, -0.2) is 4.98 Å². The first-order chi connectivity index (χ1) is 9.79. The molecule has 1 atom stereocenters. The lowest BCUT2D eigenvalue weighted by atomic mass is 10.1. The molecule has 1 saturated heterocycles. The Morgan fingerprint density at radius 2 is 2.15 bits per heavy atom. The van der Waals surface area contributed by atoms with Crippen LogP contribution in [0, 0.1) is 0 Å². The van der Waals surface area contributed by atoms with E-state index >= 15 is 0 Å². The van der Waals surface area contributed by atoms with Crippen molar-refractivity contribution >= 4 is 28.2 Å². The molecule has 0 saturated carbocycles. The molecule has 1 aliphatic heterocycles. The number of hydrogen-bond acceptors (Lipinski definition) is 3. The van der Waals surface area contributed by atoms with E-state index in [-0.39, 0.29) is 0 Å². The Morgan fingerprint density at radius 3 is 2.85 bits per heavy atom. The number of likely N-dealkylation sites (N-methyl/N-ethyl adjacent to an activating group) is 1. The lowest BCUT2D eigenvalue weighted by Crippen LogP contribution is -2.29. The van der Waals surface area contributed by atoms with Gasteiger partial charge in [-0.15, -0.1) is 11.6 Å². The van der Waals surface area contributed by atoms with E-state index in [0.717, 1.165) is 42.8 Å². The van der Waals surface area contributed by atoms with Crippen LogP contribution < -0.4 is 4.90 Å². The second-order valence-corrected chi connectivity index (χ2v) is 5.57. The average molecular weight is 291 g/mol. The van der Waals surface area contributed by atoms with Gasteiger partial charge in [-0.05, 0) is 23.8 Å². The van der Waals surface area contributed by atoms with Crippen LogP contribution in [0.15, 0.2) is 30.5 Å². The summed E-state index contributed by atoms with van der Waals surface area (Å²) >= 11 is 6.00. The fourth-order valence-electron chi connectivity index (χ4n) is 2.83. The minimum absolute atomic E-state index is 0.327. The Hall–Kier alpha value is -1.32. The van der Waals surface area contributed by atoms with Crippen molar-refractivity contribution in [1.29, 1.82) is 0 Å². The van der Waals surface area contributed by atoms with E-state index in [9.17, 15) is 0 Å². The SMILES string of the molecule is CN(CC1CCCO1)c1ncc(CCl)c2ccccc12. The number of pyridine rings is 1. The number of anilines is 1. The Kier molecular flexibility index (Phi) is 4.08. The summed E-state index contributed by atoms with van der Waals surface area (Å²) in [5, 5.41) is 2.35. The van der Waals surface area contributed by atoms with Crippen LogP contribution >= 0.6 is 11.6 Å². The first-order valence-corrected chi connectivity index (χ1v) is 7.58. The van der Waals surface area contributed by atoms with Crippen molar-refractivity contribution in [1.82, 2.24) is 4.98 Å². The molecule has 1 unspecified atom stereocenters. The minimum atomic E-state index is 0.327. The second kappa shape index (κ2) is 5.98. The number of aromatic nitrogens is 1. The number of hydrogen-bond donors (Lipinski definition) is 0. The molecule has 0 aliphatic carbocycles. The topological polar surface area (TPSA) is 25.4 Å². The molecule has 2 heterocycles. The summed E-state index contributed by atoms with van der Waals surface area (Å²) in [6.07, 6.45) is 4.52. The average Bonchev–Trinajstić information content (AvgIpc) is 2.99. The molecule has 0 N–H and O–H groups in total. The van der Waals surface area contributed by atoms with Gasteiger partial charge >= 0.3 is 0 Å². The number of ether oxygens (including phenoxy) is 1. The van der Waals surface area contributed by atoms with Crippen LogP contribution in [-0.2, 0) is 10.6 Å². The summed E-state index contributed by atoms with van der Waals surface area (Å²) in [5.41, 5.74) is 1.08. The zero-order chi connectivity index (χ0) is 13.9. The van der Waals surface area contributed by atoms with Gasteiger partial charge in [0.1, 0.15) is 5.82 Å². The fraction of sp³-hybridized carbons (Fsp3) is 0.438. The summed E-state index contributed by atoms with van der Waals surface area (Å²) in [4.78, 5) is 6.80. The number of alkyl halides is 1.